The summed E-state index contributed by atoms with van der Waals surface area (Å²) in [5.74, 6) is 0.0732. The molecule has 1 saturated heterocycles. The van der Waals surface area contributed by atoms with Crippen LogP contribution in [-0.2, 0) is 9.53 Å². The number of morpholine rings is 1. The van der Waals surface area contributed by atoms with E-state index in [2.05, 4.69) is 15.5 Å². The molecule has 0 unspecified atom stereocenters. The number of halogens is 1. The zero-order valence-corrected chi connectivity index (χ0v) is 17.8. The van der Waals surface area contributed by atoms with Crippen molar-refractivity contribution in [1.29, 1.82) is 0 Å². The number of benzene rings is 2. The Morgan fingerprint density at radius 2 is 1.93 bits per heavy atom. The van der Waals surface area contributed by atoms with Crippen LogP contribution in [0.15, 0.2) is 58.9 Å². The zero-order valence-electron chi connectivity index (χ0n) is 15.5. The molecule has 1 aliphatic heterocycles. The summed E-state index contributed by atoms with van der Waals surface area (Å²) in [6.45, 7) is 2.37. The van der Waals surface area contributed by atoms with E-state index in [1.807, 2.05) is 59.5 Å². The van der Waals surface area contributed by atoms with E-state index in [9.17, 15) is 4.79 Å². The van der Waals surface area contributed by atoms with Crippen LogP contribution in [0.25, 0.3) is 0 Å². The summed E-state index contributed by atoms with van der Waals surface area (Å²) in [4.78, 5) is 15.1. The van der Waals surface area contributed by atoms with Gasteiger partial charge < -0.3 is 15.0 Å². The molecule has 9 heteroatoms. The Balaban J connectivity index is 1.52. The number of aromatic nitrogens is 2. The van der Waals surface area contributed by atoms with Crippen LogP contribution in [0.1, 0.15) is 10.8 Å². The van der Waals surface area contributed by atoms with Gasteiger partial charge in [-0.1, -0.05) is 71.1 Å². The predicted molar refractivity (Wildman–Crippen MR) is 117 cm³/mol. The molecule has 2 aromatic carbocycles. The lowest BCUT2D eigenvalue weighted by Gasteiger charge is -2.30. The maximum absolute atomic E-state index is 13.2. The Bertz CT molecular complexity index is 964. The summed E-state index contributed by atoms with van der Waals surface area (Å²) in [5, 5.41) is 12.6. The van der Waals surface area contributed by atoms with Crippen LogP contribution in [0, 0.1) is 0 Å². The normalized spacial score (nSPS) is 15.1. The van der Waals surface area contributed by atoms with Crippen molar-refractivity contribution in [3.05, 3.63) is 65.2 Å². The molecule has 2 heterocycles. The van der Waals surface area contributed by atoms with Gasteiger partial charge in [0.2, 0.25) is 11.0 Å². The molecule has 1 aliphatic rings. The van der Waals surface area contributed by atoms with Crippen LogP contribution in [0.4, 0.5) is 10.8 Å². The molecule has 4 rings (SSSR count). The van der Waals surface area contributed by atoms with Gasteiger partial charge >= 0.3 is 0 Å². The molecule has 0 bridgehead atoms. The van der Waals surface area contributed by atoms with Gasteiger partial charge in [0.15, 0.2) is 4.34 Å². The molecule has 1 fully saturated rings. The van der Waals surface area contributed by atoms with Gasteiger partial charge in [-0.3, -0.25) is 4.79 Å². The Kier molecular flexibility index (Phi) is 6.66. The number of carbonyl (C=O) groups excluding carboxylic acids is 1. The zero-order chi connectivity index (χ0) is 20.1. The van der Waals surface area contributed by atoms with E-state index >= 15 is 0 Å². The number of hydrogen-bond acceptors (Lipinski definition) is 7. The molecule has 3 aromatic rings. The first-order valence-electron chi connectivity index (χ1n) is 9.13. The average molecular weight is 447 g/mol. The Hall–Kier alpha value is -2.13. The van der Waals surface area contributed by atoms with Crippen molar-refractivity contribution in [3.8, 4) is 0 Å². The van der Waals surface area contributed by atoms with E-state index in [0.29, 0.717) is 36.5 Å². The molecule has 29 heavy (non-hydrogen) atoms. The van der Waals surface area contributed by atoms with Crippen molar-refractivity contribution in [2.75, 3.05) is 31.6 Å². The van der Waals surface area contributed by atoms with Crippen LogP contribution >= 0.6 is 34.7 Å². The third kappa shape index (κ3) is 5.27. The summed E-state index contributed by atoms with van der Waals surface area (Å²) < 4.78 is 6.11. The van der Waals surface area contributed by atoms with Crippen LogP contribution in [0.3, 0.4) is 0 Å². The standard InChI is InChI=1S/C20H19ClN4O2S2/c21-15-7-4-8-16(13-15)22-19-23-24-20(29-19)28-17(14-5-2-1-3-6-14)18(26)25-9-11-27-12-10-25/h1-8,13,17H,9-12H2,(H,22,23)/t17-/m0/s1. The first kappa shape index (κ1) is 20.2. The fourth-order valence-electron chi connectivity index (χ4n) is 2.94. The molecule has 1 atom stereocenters. The summed E-state index contributed by atoms with van der Waals surface area (Å²) in [5.41, 5.74) is 1.79. The third-order valence-corrected chi connectivity index (χ3v) is 6.75. The number of hydrogen-bond donors (Lipinski definition) is 1. The lowest BCUT2D eigenvalue weighted by Crippen LogP contribution is -2.42. The molecule has 0 saturated carbocycles. The maximum Gasteiger partial charge on any atom is 0.240 e. The fraction of sp³-hybridized carbons (Fsp3) is 0.250. The van der Waals surface area contributed by atoms with E-state index in [4.69, 9.17) is 16.3 Å². The molecule has 6 nitrogen and oxygen atoms in total. The van der Waals surface area contributed by atoms with Crippen molar-refractivity contribution in [2.24, 2.45) is 0 Å². The van der Waals surface area contributed by atoms with E-state index in [1.165, 1.54) is 23.1 Å². The SMILES string of the molecule is O=C([C@@H](Sc1nnc(Nc2cccc(Cl)c2)s1)c1ccccc1)N1CCOCC1. The predicted octanol–water partition coefficient (Wildman–Crippen LogP) is 4.63. The number of anilines is 2. The summed E-state index contributed by atoms with van der Waals surface area (Å²) >= 11 is 8.87. The largest absolute Gasteiger partial charge is 0.378 e. The van der Waals surface area contributed by atoms with Crippen LogP contribution in [0.5, 0.6) is 0 Å². The minimum Gasteiger partial charge on any atom is -0.378 e. The highest BCUT2D eigenvalue weighted by molar-refractivity contribution is 8.01. The van der Waals surface area contributed by atoms with Gasteiger partial charge in [0.1, 0.15) is 5.25 Å². The van der Waals surface area contributed by atoms with E-state index < -0.39 is 0 Å². The van der Waals surface area contributed by atoms with Crippen LogP contribution in [0.2, 0.25) is 5.02 Å². The lowest BCUT2D eigenvalue weighted by atomic mass is 10.1. The second kappa shape index (κ2) is 9.58. The number of carbonyl (C=O) groups is 1. The molecule has 150 valence electrons. The molecule has 1 amide bonds. The maximum atomic E-state index is 13.2. The van der Waals surface area contributed by atoms with Crippen LogP contribution in [-0.4, -0.2) is 47.3 Å². The molecular formula is C20H19ClN4O2S2. The van der Waals surface area contributed by atoms with Gasteiger partial charge in [-0.2, -0.15) is 0 Å². The summed E-state index contributed by atoms with van der Waals surface area (Å²) in [7, 11) is 0. The van der Waals surface area contributed by atoms with Gasteiger partial charge in [-0.05, 0) is 23.8 Å². The van der Waals surface area contributed by atoms with Crippen molar-refractivity contribution < 1.29 is 9.53 Å². The second-order valence-electron chi connectivity index (χ2n) is 6.35. The molecular weight excluding hydrogens is 428 g/mol. The molecule has 1 aromatic heterocycles. The van der Waals surface area contributed by atoms with Crippen molar-refractivity contribution in [3.63, 3.8) is 0 Å². The Morgan fingerprint density at radius 3 is 2.69 bits per heavy atom. The third-order valence-electron chi connectivity index (χ3n) is 4.35. The minimum atomic E-state index is -0.374. The van der Waals surface area contributed by atoms with Gasteiger partial charge in [-0.25, -0.2) is 0 Å². The lowest BCUT2D eigenvalue weighted by molar-refractivity contribution is -0.134. The van der Waals surface area contributed by atoms with Crippen LogP contribution < -0.4 is 5.32 Å². The summed E-state index contributed by atoms with van der Waals surface area (Å²) in [6.07, 6.45) is 0. The fourth-order valence-corrected chi connectivity index (χ4v) is 5.18. The molecule has 0 radical (unpaired) electrons. The topological polar surface area (TPSA) is 67.4 Å². The van der Waals surface area contributed by atoms with Crippen molar-refractivity contribution in [2.45, 2.75) is 9.59 Å². The van der Waals surface area contributed by atoms with Gasteiger partial charge in [0, 0.05) is 23.8 Å². The number of rotatable bonds is 6. The number of ether oxygens (including phenoxy) is 1. The monoisotopic (exact) mass is 446 g/mol. The minimum absolute atomic E-state index is 0.0732. The first-order chi connectivity index (χ1) is 14.2. The quantitative estimate of drug-likeness (QED) is 0.557. The molecule has 0 aliphatic carbocycles. The highest BCUT2D eigenvalue weighted by atomic mass is 35.5. The summed E-state index contributed by atoms with van der Waals surface area (Å²) in [6, 6.07) is 17.2. The smallest absolute Gasteiger partial charge is 0.240 e. The second-order valence-corrected chi connectivity index (χ2v) is 9.12. The van der Waals surface area contributed by atoms with Gasteiger partial charge in [0.05, 0.1) is 13.2 Å². The number of nitrogens with one attached hydrogen (secondary N) is 1. The van der Waals surface area contributed by atoms with Gasteiger partial charge in [-0.15, -0.1) is 10.2 Å². The first-order valence-corrected chi connectivity index (χ1v) is 11.2. The average Bonchev–Trinajstić information content (AvgIpc) is 3.20. The number of thioether (sulfide) groups is 1. The van der Waals surface area contributed by atoms with E-state index in [1.54, 1.807) is 0 Å². The van der Waals surface area contributed by atoms with E-state index in [0.717, 1.165) is 15.6 Å². The van der Waals surface area contributed by atoms with E-state index in [-0.39, 0.29) is 11.2 Å². The molecule has 0 spiro atoms. The number of amides is 1. The van der Waals surface area contributed by atoms with Crippen molar-refractivity contribution in [1.82, 2.24) is 15.1 Å². The molecule has 1 N–H and O–H groups in total. The Morgan fingerprint density at radius 1 is 1.14 bits per heavy atom. The van der Waals surface area contributed by atoms with Crippen molar-refractivity contribution >= 4 is 51.4 Å². The van der Waals surface area contributed by atoms with Gasteiger partial charge in [0.25, 0.3) is 0 Å². The number of nitrogens with zero attached hydrogens (tertiary/aromatic N) is 3. The Labute approximate surface area is 182 Å². The highest BCUT2D eigenvalue weighted by Crippen LogP contribution is 2.39. The highest BCUT2D eigenvalue weighted by Gasteiger charge is 2.29.